The van der Waals surface area contributed by atoms with Gasteiger partial charge < -0.3 is 13.8 Å². The van der Waals surface area contributed by atoms with E-state index in [0.717, 1.165) is 0 Å². The van der Waals surface area contributed by atoms with E-state index in [1.54, 1.807) is 41.5 Å². The molecule has 0 fully saturated rings. The standard InChI is InChI=1S/C17H24F3N3O5S/c1-15(2,3)13-21-11-7-8-23(14(24)27-16(4,5)6)9-10(11)12(22-13)28-29(25,26)17(18,19)20/h7-9H2,1-6H3. The Balaban J connectivity index is 2.49. The minimum absolute atomic E-state index is 0.00272. The van der Waals surface area contributed by atoms with Crippen LogP contribution in [0.3, 0.4) is 0 Å². The number of aromatic nitrogens is 2. The second-order valence-electron chi connectivity index (χ2n) is 8.66. The Bertz CT molecular complexity index is 903. The first-order valence-electron chi connectivity index (χ1n) is 8.80. The molecule has 0 spiro atoms. The second kappa shape index (κ2) is 7.29. The van der Waals surface area contributed by atoms with Crippen LogP contribution < -0.4 is 4.18 Å². The highest BCUT2D eigenvalue weighted by atomic mass is 32.2. The number of amides is 1. The van der Waals surface area contributed by atoms with E-state index >= 15 is 0 Å². The Morgan fingerprint density at radius 1 is 1.07 bits per heavy atom. The van der Waals surface area contributed by atoms with E-state index in [2.05, 4.69) is 14.2 Å². The predicted molar refractivity (Wildman–Crippen MR) is 96.7 cm³/mol. The molecule has 2 heterocycles. The van der Waals surface area contributed by atoms with Crippen LogP contribution in [0, 0.1) is 0 Å². The van der Waals surface area contributed by atoms with Crippen molar-refractivity contribution in [1.82, 2.24) is 14.9 Å². The van der Waals surface area contributed by atoms with Crippen molar-refractivity contribution >= 4 is 16.2 Å². The summed E-state index contributed by atoms with van der Waals surface area (Å²) < 4.78 is 71.2. The van der Waals surface area contributed by atoms with Gasteiger partial charge in [-0.1, -0.05) is 20.8 Å². The van der Waals surface area contributed by atoms with Gasteiger partial charge in [-0.15, -0.1) is 0 Å². The van der Waals surface area contributed by atoms with Gasteiger partial charge in [-0.2, -0.15) is 26.6 Å². The van der Waals surface area contributed by atoms with Gasteiger partial charge in [0, 0.05) is 18.4 Å². The minimum Gasteiger partial charge on any atom is -0.444 e. The molecular formula is C17H24F3N3O5S. The van der Waals surface area contributed by atoms with Crippen LogP contribution in [0.5, 0.6) is 5.88 Å². The average molecular weight is 439 g/mol. The van der Waals surface area contributed by atoms with Crippen molar-refractivity contribution in [2.75, 3.05) is 6.54 Å². The lowest BCUT2D eigenvalue weighted by molar-refractivity contribution is -0.0502. The van der Waals surface area contributed by atoms with E-state index in [4.69, 9.17) is 4.74 Å². The summed E-state index contributed by atoms with van der Waals surface area (Å²) in [7, 11) is -5.94. The van der Waals surface area contributed by atoms with Gasteiger partial charge in [0.05, 0.1) is 17.8 Å². The van der Waals surface area contributed by atoms with Crippen LogP contribution in [-0.2, 0) is 33.2 Å². The molecule has 0 radical (unpaired) electrons. The minimum atomic E-state index is -5.94. The highest BCUT2D eigenvalue weighted by Crippen LogP contribution is 2.33. The summed E-state index contributed by atoms with van der Waals surface area (Å²) in [5, 5.41) is 0. The molecule has 1 aromatic heterocycles. The second-order valence-corrected chi connectivity index (χ2v) is 10.2. The van der Waals surface area contributed by atoms with Crippen LogP contribution in [0.1, 0.15) is 58.6 Å². The van der Waals surface area contributed by atoms with Crippen molar-refractivity contribution in [3.63, 3.8) is 0 Å². The number of fused-ring (bicyclic) bond motifs is 1. The Morgan fingerprint density at radius 3 is 2.14 bits per heavy atom. The summed E-state index contributed by atoms with van der Waals surface area (Å²) in [5.74, 6) is -0.597. The lowest BCUT2D eigenvalue weighted by Gasteiger charge is -2.32. The van der Waals surface area contributed by atoms with E-state index in [-0.39, 0.29) is 30.9 Å². The fourth-order valence-corrected chi connectivity index (χ4v) is 2.86. The lowest BCUT2D eigenvalue weighted by atomic mass is 9.95. The number of carbonyl (C=O) groups excluding carboxylic acids is 1. The van der Waals surface area contributed by atoms with Crippen molar-refractivity contribution in [1.29, 1.82) is 0 Å². The Labute approximate surface area is 167 Å². The lowest BCUT2D eigenvalue weighted by Crippen LogP contribution is -2.41. The normalized spacial score (nSPS) is 15.7. The maximum absolute atomic E-state index is 12.8. The number of rotatable bonds is 2. The van der Waals surface area contributed by atoms with Crippen molar-refractivity contribution in [2.24, 2.45) is 0 Å². The maximum atomic E-state index is 12.8. The number of carbonyl (C=O) groups is 1. The van der Waals surface area contributed by atoms with Crippen LogP contribution in [-0.4, -0.2) is 47.0 Å². The molecule has 0 saturated heterocycles. The van der Waals surface area contributed by atoms with Gasteiger partial charge in [0.15, 0.2) is 0 Å². The van der Waals surface area contributed by atoms with Crippen LogP contribution in [0.15, 0.2) is 0 Å². The van der Waals surface area contributed by atoms with Gasteiger partial charge in [0.2, 0.25) is 5.88 Å². The molecule has 0 atom stereocenters. The zero-order valence-corrected chi connectivity index (χ0v) is 17.9. The highest BCUT2D eigenvalue weighted by molar-refractivity contribution is 7.87. The van der Waals surface area contributed by atoms with E-state index in [1.807, 2.05) is 0 Å². The summed E-state index contributed by atoms with van der Waals surface area (Å²) >= 11 is 0. The van der Waals surface area contributed by atoms with Gasteiger partial charge in [-0.25, -0.2) is 9.78 Å². The first-order valence-corrected chi connectivity index (χ1v) is 10.2. The molecule has 1 aliphatic heterocycles. The fourth-order valence-electron chi connectivity index (χ4n) is 2.42. The number of nitrogens with zero attached hydrogens (tertiary/aromatic N) is 3. The van der Waals surface area contributed by atoms with E-state index in [0.29, 0.717) is 5.69 Å². The van der Waals surface area contributed by atoms with Gasteiger partial charge in [0.1, 0.15) is 11.4 Å². The number of ether oxygens (including phenoxy) is 1. The summed E-state index contributed by atoms with van der Waals surface area (Å²) in [6, 6.07) is 0. The monoisotopic (exact) mass is 439 g/mol. The summed E-state index contributed by atoms with van der Waals surface area (Å²) in [6.45, 7) is 10.2. The molecule has 12 heteroatoms. The quantitative estimate of drug-likeness (QED) is 0.515. The summed E-state index contributed by atoms with van der Waals surface area (Å²) in [4.78, 5) is 21.9. The van der Waals surface area contributed by atoms with E-state index < -0.39 is 38.6 Å². The van der Waals surface area contributed by atoms with Gasteiger partial charge in [0.25, 0.3) is 0 Å². The van der Waals surface area contributed by atoms with Crippen LogP contribution in [0.2, 0.25) is 0 Å². The molecule has 0 aliphatic carbocycles. The number of hydrogen-bond acceptors (Lipinski definition) is 7. The highest BCUT2D eigenvalue weighted by Gasteiger charge is 2.49. The molecule has 1 amide bonds. The molecule has 0 bridgehead atoms. The fraction of sp³-hybridized carbons (Fsp3) is 0.706. The molecule has 164 valence electrons. The molecule has 2 rings (SSSR count). The third kappa shape index (κ3) is 5.49. The van der Waals surface area contributed by atoms with E-state index in [1.165, 1.54) is 4.90 Å². The number of alkyl halides is 3. The first-order chi connectivity index (χ1) is 12.9. The maximum Gasteiger partial charge on any atom is 0.534 e. The third-order valence-corrected chi connectivity index (χ3v) is 4.76. The molecule has 29 heavy (non-hydrogen) atoms. The molecule has 0 saturated carbocycles. The van der Waals surface area contributed by atoms with Crippen LogP contribution >= 0.6 is 0 Å². The molecule has 0 unspecified atom stereocenters. The number of hydrogen-bond donors (Lipinski definition) is 0. The molecule has 8 nitrogen and oxygen atoms in total. The SMILES string of the molecule is CC(C)(C)OC(=O)N1CCc2nc(C(C)(C)C)nc(OS(=O)(=O)C(F)(F)F)c2C1. The Morgan fingerprint density at radius 2 is 1.66 bits per heavy atom. The van der Waals surface area contributed by atoms with Gasteiger partial charge >= 0.3 is 21.7 Å². The number of halogens is 3. The van der Waals surface area contributed by atoms with Crippen molar-refractivity contribution in [2.45, 2.75) is 71.0 Å². The summed E-state index contributed by atoms with van der Waals surface area (Å²) in [6.07, 6.45) is -0.504. The molecule has 1 aromatic rings. The zero-order valence-electron chi connectivity index (χ0n) is 17.0. The third-order valence-electron chi connectivity index (χ3n) is 3.82. The van der Waals surface area contributed by atoms with Gasteiger partial charge in [-0.05, 0) is 20.8 Å². The Kier molecular flexibility index (Phi) is 5.83. The van der Waals surface area contributed by atoms with Crippen molar-refractivity contribution in [3.8, 4) is 5.88 Å². The molecule has 1 aliphatic rings. The zero-order chi connectivity index (χ0) is 22.4. The van der Waals surface area contributed by atoms with Crippen molar-refractivity contribution < 1.29 is 35.3 Å². The van der Waals surface area contributed by atoms with Gasteiger partial charge in [-0.3, -0.25) is 0 Å². The average Bonchev–Trinajstić information content (AvgIpc) is 2.50. The first kappa shape index (κ1) is 23.2. The molecular weight excluding hydrogens is 415 g/mol. The predicted octanol–water partition coefficient (Wildman–Crippen LogP) is 3.30. The summed E-state index contributed by atoms with van der Waals surface area (Å²) in [5.41, 5.74) is -6.73. The molecule has 0 aromatic carbocycles. The largest absolute Gasteiger partial charge is 0.534 e. The Hall–Kier alpha value is -2.11. The smallest absolute Gasteiger partial charge is 0.444 e. The molecule has 0 N–H and O–H groups in total. The topological polar surface area (TPSA) is 98.7 Å². The van der Waals surface area contributed by atoms with Crippen molar-refractivity contribution in [3.05, 3.63) is 17.1 Å². The van der Waals surface area contributed by atoms with Crippen LogP contribution in [0.4, 0.5) is 18.0 Å². The van der Waals surface area contributed by atoms with E-state index in [9.17, 15) is 26.4 Å². The van der Waals surface area contributed by atoms with Crippen LogP contribution in [0.25, 0.3) is 0 Å².